The molecule has 18 heavy (non-hydrogen) atoms. The lowest BCUT2D eigenvalue weighted by atomic mass is 10.0. The average Bonchev–Trinajstić information content (AvgIpc) is 2.25. The highest BCUT2D eigenvalue weighted by molar-refractivity contribution is 7.89. The highest BCUT2D eigenvalue weighted by Crippen LogP contribution is 2.21. The topological polar surface area (TPSA) is 78.5 Å². The van der Waals surface area contributed by atoms with Gasteiger partial charge in [0.15, 0.2) is 0 Å². The van der Waals surface area contributed by atoms with Gasteiger partial charge in [-0.1, -0.05) is 20.8 Å². The summed E-state index contributed by atoms with van der Waals surface area (Å²) in [5.74, 6) is -0.215. The van der Waals surface area contributed by atoms with Gasteiger partial charge < -0.3 is 10.6 Å². The van der Waals surface area contributed by atoms with E-state index >= 15 is 0 Å². The minimum absolute atomic E-state index is 0.0491. The van der Waals surface area contributed by atoms with E-state index in [9.17, 15) is 13.2 Å². The third-order valence-electron chi connectivity index (χ3n) is 2.72. The van der Waals surface area contributed by atoms with Crippen molar-refractivity contribution in [1.82, 2.24) is 14.9 Å². The smallest absolute Gasteiger partial charge is 0.239 e. The number of amides is 1. The summed E-state index contributed by atoms with van der Waals surface area (Å²) in [6.07, 6.45) is 0. The molecule has 1 heterocycles. The molecule has 1 atom stereocenters. The van der Waals surface area contributed by atoms with E-state index in [1.165, 1.54) is 11.4 Å². The highest BCUT2D eigenvalue weighted by atomic mass is 32.2. The maximum absolute atomic E-state index is 12.4. The number of rotatable bonds is 3. The van der Waals surface area contributed by atoms with Crippen LogP contribution in [0, 0.1) is 5.41 Å². The van der Waals surface area contributed by atoms with Gasteiger partial charge in [-0.3, -0.25) is 4.79 Å². The van der Waals surface area contributed by atoms with Gasteiger partial charge in [0.2, 0.25) is 15.9 Å². The highest BCUT2D eigenvalue weighted by Gasteiger charge is 2.37. The Hall–Kier alpha value is -0.660. The van der Waals surface area contributed by atoms with Crippen LogP contribution < -0.4 is 10.6 Å². The van der Waals surface area contributed by atoms with E-state index in [2.05, 4.69) is 10.6 Å². The van der Waals surface area contributed by atoms with Crippen molar-refractivity contribution in [2.24, 2.45) is 5.41 Å². The molecule has 6 nitrogen and oxygen atoms in total. The van der Waals surface area contributed by atoms with E-state index in [1.807, 2.05) is 20.8 Å². The molecule has 0 aromatic heterocycles. The van der Waals surface area contributed by atoms with Crippen molar-refractivity contribution in [2.75, 3.05) is 32.4 Å². The minimum atomic E-state index is -3.41. The molecule has 0 aromatic carbocycles. The van der Waals surface area contributed by atoms with Crippen molar-refractivity contribution in [3.8, 4) is 0 Å². The van der Waals surface area contributed by atoms with E-state index in [0.29, 0.717) is 19.6 Å². The van der Waals surface area contributed by atoms with Crippen LogP contribution in [-0.2, 0) is 14.8 Å². The van der Waals surface area contributed by atoms with Crippen molar-refractivity contribution >= 4 is 15.9 Å². The minimum Gasteiger partial charge on any atom is -0.358 e. The summed E-state index contributed by atoms with van der Waals surface area (Å²) in [7, 11) is -1.89. The lowest BCUT2D eigenvalue weighted by Crippen LogP contribution is -2.60. The molecule has 7 heteroatoms. The van der Waals surface area contributed by atoms with Crippen LogP contribution in [0.25, 0.3) is 0 Å². The van der Waals surface area contributed by atoms with E-state index in [0.717, 1.165) is 0 Å². The van der Waals surface area contributed by atoms with Crippen LogP contribution in [-0.4, -0.2) is 57.1 Å². The molecule has 0 aliphatic carbocycles. The van der Waals surface area contributed by atoms with Crippen molar-refractivity contribution in [3.05, 3.63) is 0 Å². The molecule has 0 radical (unpaired) electrons. The number of nitrogens with one attached hydrogen (secondary N) is 2. The van der Waals surface area contributed by atoms with Crippen molar-refractivity contribution < 1.29 is 13.2 Å². The number of hydrogen-bond acceptors (Lipinski definition) is 4. The van der Waals surface area contributed by atoms with Crippen LogP contribution in [0.3, 0.4) is 0 Å². The monoisotopic (exact) mass is 277 g/mol. The molecule has 0 spiro atoms. The molecule has 1 saturated heterocycles. The number of likely N-dealkylation sites (N-methyl/N-ethyl adjacent to an activating group) is 1. The van der Waals surface area contributed by atoms with Crippen LogP contribution in [0.5, 0.6) is 0 Å². The molecule has 1 amide bonds. The second-order valence-electron chi connectivity index (χ2n) is 5.76. The van der Waals surface area contributed by atoms with Crippen LogP contribution >= 0.6 is 0 Å². The molecule has 106 valence electrons. The van der Waals surface area contributed by atoms with Crippen LogP contribution in [0.2, 0.25) is 0 Å². The first kappa shape index (κ1) is 15.4. The van der Waals surface area contributed by atoms with Gasteiger partial charge in [-0.25, -0.2) is 8.42 Å². The summed E-state index contributed by atoms with van der Waals surface area (Å²) in [6.45, 7) is 6.92. The summed E-state index contributed by atoms with van der Waals surface area (Å²) >= 11 is 0. The van der Waals surface area contributed by atoms with Gasteiger partial charge in [0, 0.05) is 26.7 Å². The van der Waals surface area contributed by atoms with Crippen molar-refractivity contribution in [2.45, 2.75) is 26.8 Å². The SMILES string of the molecule is CNC(=O)C1CNCCN1S(=O)(=O)CC(C)(C)C. The molecule has 1 rings (SSSR count). The maximum atomic E-state index is 12.4. The zero-order valence-electron chi connectivity index (χ0n) is 11.5. The zero-order chi connectivity index (χ0) is 14.0. The fourth-order valence-electron chi connectivity index (χ4n) is 2.04. The van der Waals surface area contributed by atoms with Gasteiger partial charge in [0.05, 0.1) is 5.75 Å². The van der Waals surface area contributed by atoms with Gasteiger partial charge in [-0.2, -0.15) is 4.31 Å². The third kappa shape index (κ3) is 3.93. The van der Waals surface area contributed by atoms with Crippen molar-refractivity contribution in [3.63, 3.8) is 0 Å². The zero-order valence-corrected chi connectivity index (χ0v) is 12.3. The Kier molecular flexibility index (Phi) is 4.74. The lowest BCUT2D eigenvalue weighted by molar-refractivity contribution is -0.124. The largest absolute Gasteiger partial charge is 0.358 e. The van der Waals surface area contributed by atoms with Gasteiger partial charge in [-0.05, 0) is 5.41 Å². The summed E-state index contributed by atoms with van der Waals surface area (Å²) in [6, 6.07) is -0.643. The molecule has 2 N–H and O–H groups in total. The molecule has 1 unspecified atom stereocenters. The molecule has 1 aliphatic rings. The number of sulfonamides is 1. The van der Waals surface area contributed by atoms with Crippen molar-refractivity contribution in [1.29, 1.82) is 0 Å². The number of carbonyl (C=O) groups is 1. The molecule has 0 bridgehead atoms. The molecule has 1 fully saturated rings. The van der Waals surface area contributed by atoms with E-state index in [-0.39, 0.29) is 17.1 Å². The summed E-state index contributed by atoms with van der Waals surface area (Å²) in [5.41, 5.74) is -0.322. The predicted octanol–water partition coefficient (Wildman–Crippen LogP) is -0.618. The average molecular weight is 277 g/mol. The molecule has 0 saturated carbocycles. The van der Waals surface area contributed by atoms with Gasteiger partial charge >= 0.3 is 0 Å². The Morgan fingerprint density at radius 1 is 1.44 bits per heavy atom. The van der Waals surface area contributed by atoms with Gasteiger partial charge in [0.25, 0.3) is 0 Å². The number of nitrogens with zero attached hydrogens (tertiary/aromatic N) is 1. The standard InChI is InChI=1S/C11H23N3O3S/c1-11(2,3)8-18(16,17)14-6-5-13-7-9(14)10(15)12-4/h9,13H,5-8H2,1-4H3,(H,12,15). The first-order valence-electron chi connectivity index (χ1n) is 6.09. The Labute approximate surface area is 109 Å². The van der Waals surface area contributed by atoms with Gasteiger partial charge in [0.1, 0.15) is 6.04 Å². The number of piperazine rings is 1. The first-order valence-corrected chi connectivity index (χ1v) is 7.70. The van der Waals surface area contributed by atoms with Crippen LogP contribution in [0.4, 0.5) is 0 Å². The van der Waals surface area contributed by atoms with Crippen LogP contribution in [0.1, 0.15) is 20.8 Å². The normalized spacial score (nSPS) is 22.8. The Morgan fingerprint density at radius 2 is 2.06 bits per heavy atom. The second kappa shape index (κ2) is 5.54. The van der Waals surface area contributed by atoms with E-state index in [1.54, 1.807) is 0 Å². The Bertz CT molecular complexity index is 400. The van der Waals surface area contributed by atoms with E-state index < -0.39 is 16.1 Å². The molecular formula is C11H23N3O3S. The van der Waals surface area contributed by atoms with E-state index in [4.69, 9.17) is 0 Å². The molecular weight excluding hydrogens is 254 g/mol. The second-order valence-corrected chi connectivity index (χ2v) is 7.68. The van der Waals surface area contributed by atoms with Gasteiger partial charge in [-0.15, -0.1) is 0 Å². The third-order valence-corrected chi connectivity index (χ3v) is 5.10. The number of hydrogen-bond donors (Lipinski definition) is 2. The maximum Gasteiger partial charge on any atom is 0.239 e. The lowest BCUT2D eigenvalue weighted by Gasteiger charge is -2.35. The predicted molar refractivity (Wildman–Crippen MR) is 70.7 cm³/mol. The Balaban J connectivity index is 2.93. The Morgan fingerprint density at radius 3 is 2.56 bits per heavy atom. The van der Waals surface area contributed by atoms with Crippen LogP contribution in [0.15, 0.2) is 0 Å². The molecule has 0 aromatic rings. The fraction of sp³-hybridized carbons (Fsp3) is 0.909. The summed E-state index contributed by atoms with van der Waals surface area (Å²) in [4.78, 5) is 11.7. The summed E-state index contributed by atoms with van der Waals surface area (Å²) < 4.78 is 26.0. The number of carbonyl (C=O) groups excluding carboxylic acids is 1. The summed E-state index contributed by atoms with van der Waals surface area (Å²) in [5, 5.41) is 5.56. The fourth-order valence-corrected chi connectivity index (χ4v) is 4.23. The quantitative estimate of drug-likeness (QED) is 0.721. The molecule has 1 aliphatic heterocycles. The first-order chi connectivity index (χ1) is 8.17.